The molecule has 102 valence electrons. The van der Waals surface area contributed by atoms with Crippen molar-refractivity contribution in [3.8, 4) is 0 Å². The van der Waals surface area contributed by atoms with Crippen LogP contribution in [0.15, 0.2) is 23.2 Å². The highest BCUT2D eigenvalue weighted by atomic mass is 35.5. The number of ether oxygens (including phenoxy) is 2. The molecule has 0 heterocycles. The first kappa shape index (κ1) is 15.2. The van der Waals surface area contributed by atoms with Gasteiger partial charge in [-0.25, -0.2) is 9.79 Å². The Morgan fingerprint density at radius 2 is 1.95 bits per heavy atom. The molecule has 19 heavy (non-hydrogen) atoms. The summed E-state index contributed by atoms with van der Waals surface area (Å²) in [5.41, 5.74) is 1.33. The standard InChI is InChI=1S/C13H14ClNO4/c1-8-6-9(14)4-5-10(8)15-11(13(17)19-3)7-12(16)18-2/h4-6H,7H2,1-3H3. The molecule has 0 saturated carbocycles. The van der Waals surface area contributed by atoms with Crippen LogP contribution in [-0.4, -0.2) is 31.9 Å². The number of hydrogen-bond acceptors (Lipinski definition) is 5. The fraction of sp³-hybridized carbons (Fsp3) is 0.308. The molecule has 0 bridgehead atoms. The number of aliphatic imine (C=N–C) groups is 1. The zero-order valence-corrected chi connectivity index (χ0v) is 11.7. The van der Waals surface area contributed by atoms with Crippen LogP contribution < -0.4 is 0 Å². The van der Waals surface area contributed by atoms with Crippen molar-refractivity contribution in [3.05, 3.63) is 28.8 Å². The first-order valence-electron chi connectivity index (χ1n) is 5.46. The number of halogens is 1. The summed E-state index contributed by atoms with van der Waals surface area (Å²) in [6, 6.07) is 5.03. The van der Waals surface area contributed by atoms with Crippen molar-refractivity contribution in [2.45, 2.75) is 13.3 Å². The molecule has 0 spiro atoms. The number of nitrogens with zero attached hydrogens (tertiary/aromatic N) is 1. The van der Waals surface area contributed by atoms with Gasteiger partial charge in [-0.2, -0.15) is 0 Å². The minimum atomic E-state index is -0.667. The van der Waals surface area contributed by atoms with Gasteiger partial charge in [-0.1, -0.05) is 11.6 Å². The second-order valence-electron chi connectivity index (χ2n) is 3.73. The number of carbonyl (C=O) groups excluding carboxylic acids is 2. The first-order valence-corrected chi connectivity index (χ1v) is 5.84. The molecule has 6 heteroatoms. The van der Waals surface area contributed by atoms with Crippen LogP contribution >= 0.6 is 11.6 Å². The van der Waals surface area contributed by atoms with E-state index in [4.69, 9.17) is 11.6 Å². The van der Waals surface area contributed by atoms with Gasteiger partial charge in [-0.05, 0) is 30.7 Å². The maximum Gasteiger partial charge on any atom is 0.353 e. The van der Waals surface area contributed by atoms with Crippen molar-refractivity contribution in [2.75, 3.05) is 14.2 Å². The summed E-state index contributed by atoms with van der Waals surface area (Å²) in [7, 11) is 2.47. The zero-order valence-electron chi connectivity index (χ0n) is 10.9. The average Bonchev–Trinajstić information content (AvgIpc) is 2.39. The molecule has 0 saturated heterocycles. The molecule has 5 nitrogen and oxygen atoms in total. The predicted octanol–water partition coefficient (Wildman–Crippen LogP) is 2.46. The van der Waals surface area contributed by atoms with Gasteiger partial charge in [0.25, 0.3) is 0 Å². The largest absolute Gasteiger partial charge is 0.469 e. The third-order valence-corrected chi connectivity index (χ3v) is 2.61. The van der Waals surface area contributed by atoms with Crippen LogP contribution in [0.2, 0.25) is 5.02 Å². The monoisotopic (exact) mass is 283 g/mol. The van der Waals surface area contributed by atoms with Gasteiger partial charge in [-0.3, -0.25) is 4.79 Å². The summed E-state index contributed by atoms with van der Waals surface area (Å²) in [6.07, 6.45) is -0.245. The van der Waals surface area contributed by atoms with E-state index in [0.717, 1.165) is 5.56 Å². The lowest BCUT2D eigenvalue weighted by Crippen LogP contribution is -2.20. The molecule has 0 radical (unpaired) electrons. The molecule has 0 aromatic heterocycles. The maximum atomic E-state index is 11.6. The molecule has 0 fully saturated rings. The molecule has 1 rings (SSSR count). The van der Waals surface area contributed by atoms with E-state index in [1.165, 1.54) is 14.2 Å². The summed E-state index contributed by atoms with van der Waals surface area (Å²) < 4.78 is 9.10. The van der Waals surface area contributed by atoms with E-state index in [9.17, 15) is 9.59 Å². The van der Waals surface area contributed by atoms with Gasteiger partial charge >= 0.3 is 11.9 Å². The quantitative estimate of drug-likeness (QED) is 0.629. The van der Waals surface area contributed by atoms with Crippen molar-refractivity contribution >= 4 is 34.9 Å². The Labute approximate surface area is 116 Å². The smallest absolute Gasteiger partial charge is 0.353 e. The molecule has 0 aliphatic rings. The summed E-state index contributed by atoms with van der Waals surface area (Å²) in [4.78, 5) is 26.9. The van der Waals surface area contributed by atoms with E-state index >= 15 is 0 Å². The van der Waals surface area contributed by atoms with E-state index in [0.29, 0.717) is 10.7 Å². The van der Waals surface area contributed by atoms with Crippen LogP contribution in [0.5, 0.6) is 0 Å². The van der Waals surface area contributed by atoms with E-state index in [1.54, 1.807) is 25.1 Å². The van der Waals surface area contributed by atoms with Gasteiger partial charge in [0.15, 0.2) is 0 Å². The van der Waals surface area contributed by atoms with Gasteiger partial charge in [0, 0.05) is 5.02 Å². The number of benzene rings is 1. The van der Waals surface area contributed by atoms with Crippen molar-refractivity contribution in [2.24, 2.45) is 4.99 Å². The van der Waals surface area contributed by atoms with Crippen LogP contribution in [-0.2, 0) is 19.1 Å². The minimum Gasteiger partial charge on any atom is -0.469 e. The number of hydrogen-bond donors (Lipinski definition) is 0. The summed E-state index contributed by atoms with van der Waals surface area (Å²) in [5, 5.41) is 0.573. The molecule has 0 unspecified atom stereocenters. The highest BCUT2D eigenvalue weighted by Gasteiger charge is 2.17. The second kappa shape index (κ2) is 6.89. The average molecular weight is 284 g/mol. The van der Waals surface area contributed by atoms with Crippen molar-refractivity contribution < 1.29 is 19.1 Å². The first-order chi connectivity index (χ1) is 8.97. The fourth-order valence-corrected chi connectivity index (χ4v) is 1.60. The molecule has 1 aromatic carbocycles. The lowest BCUT2D eigenvalue weighted by molar-refractivity contribution is -0.140. The Morgan fingerprint density at radius 1 is 1.26 bits per heavy atom. The Hall–Kier alpha value is -1.88. The number of carbonyl (C=O) groups is 2. The normalized spacial score (nSPS) is 11.1. The van der Waals surface area contributed by atoms with E-state index in [1.807, 2.05) is 0 Å². The summed E-state index contributed by atoms with van der Waals surface area (Å²) >= 11 is 5.84. The van der Waals surface area contributed by atoms with Crippen LogP contribution in [0.3, 0.4) is 0 Å². The number of aryl methyl sites for hydroxylation is 1. The van der Waals surface area contributed by atoms with Gasteiger partial charge in [-0.15, -0.1) is 0 Å². The Kier molecular flexibility index (Phi) is 5.51. The Bertz CT molecular complexity index is 525. The predicted molar refractivity (Wildman–Crippen MR) is 71.9 cm³/mol. The lowest BCUT2D eigenvalue weighted by Gasteiger charge is -2.05. The van der Waals surface area contributed by atoms with Crippen molar-refractivity contribution in [3.63, 3.8) is 0 Å². The Morgan fingerprint density at radius 3 is 2.47 bits per heavy atom. The summed E-state index contributed by atoms with van der Waals surface area (Å²) in [5.74, 6) is -1.23. The number of methoxy groups -OCH3 is 2. The van der Waals surface area contributed by atoms with Crippen LogP contribution in [0.4, 0.5) is 5.69 Å². The van der Waals surface area contributed by atoms with Crippen LogP contribution in [0.25, 0.3) is 0 Å². The fourth-order valence-electron chi connectivity index (χ4n) is 1.37. The molecule has 0 aliphatic carbocycles. The van der Waals surface area contributed by atoms with Gasteiger partial charge in [0.1, 0.15) is 5.71 Å². The van der Waals surface area contributed by atoms with Gasteiger partial charge in [0.2, 0.25) is 0 Å². The van der Waals surface area contributed by atoms with Crippen molar-refractivity contribution in [1.82, 2.24) is 0 Å². The highest BCUT2D eigenvalue weighted by molar-refractivity contribution is 6.39. The molecule has 0 aliphatic heterocycles. The van der Waals surface area contributed by atoms with Crippen LogP contribution in [0, 0.1) is 6.92 Å². The Balaban J connectivity index is 3.11. The SMILES string of the molecule is COC(=O)CC(=Nc1ccc(Cl)cc1C)C(=O)OC. The minimum absolute atomic E-state index is 0.0141. The lowest BCUT2D eigenvalue weighted by atomic mass is 10.2. The molecular formula is C13H14ClNO4. The molecule has 0 atom stereocenters. The zero-order chi connectivity index (χ0) is 14.4. The highest BCUT2D eigenvalue weighted by Crippen LogP contribution is 2.23. The molecule has 1 aromatic rings. The van der Waals surface area contributed by atoms with Crippen LogP contribution in [0.1, 0.15) is 12.0 Å². The van der Waals surface area contributed by atoms with Crippen molar-refractivity contribution in [1.29, 1.82) is 0 Å². The van der Waals surface area contributed by atoms with E-state index in [2.05, 4.69) is 14.5 Å². The molecular weight excluding hydrogens is 270 g/mol. The maximum absolute atomic E-state index is 11.6. The second-order valence-corrected chi connectivity index (χ2v) is 4.17. The third-order valence-electron chi connectivity index (χ3n) is 2.37. The third kappa shape index (κ3) is 4.37. The topological polar surface area (TPSA) is 65.0 Å². The van der Waals surface area contributed by atoms with E-state index in [-0.39, 0.29) is 12.1 Å². The van der Waals surface area contributed by atoms with Gasteiger partial charge < -0.3 is 9.47 Å². The van der Waals surface area contributed by atoms with E-state index < -0.39 is 11.9 Å². The van der Waals surface area contributed by atoms with Gasteiger partial charge in [0.05, 0.1) is 26.3 Å². The summed E-state index contributed by atoms with van der Waals surface area (Å²) in [6.45, 7) is 1.80. The molecule has 0 amide bonds. The number of esters is 2. The number of rotatable bonds is 4. The molecule has 0 N–H and O–H groups in total.